The maximum absolute atomic E-state index is 12.7. The smallest absolute Gasteiger partial charge is 0.271 e. The van der Waals surface area contributed by atoms with Gasteiger partial charge < -0.3 is 4.90 Å². The highest BCUT2D eigenvalue weighted by Gasteiger charge is 2.29. The standard InChI is InChI=1S/C18H16ClN5O/c19-17-2-1-13(10-21-17)14-5-8-24(11-14)18(25)16-9-15(22-23-16)12-3-6-20-7-4-12/h1-4,6-7,9-10,14H,5,8,11H2,(H,22,23)/t14-/m1/s1. The van der Waals surface area contributed by atoms with Crippen LogP contribution in [0.2, 0.25) is 5.15 Å². The maximum Gasteiger partial charge on any atom is 0.271 e. The van der Waals surface area contributed by atoms with Crippen LogP contribution in [0.5, 0.6) is 0 Å². The molecule has 0 bridgehead atoms. The Kier molecular flexibility index (Phi) is 4.19. The number of hydrogen-bond acceptors (Lipinski definition) is 4. The van der Waals surface area contributed by atoms with E-state index in [1.807, 2.05) is 23.1 Å². The van der Waals surface area contributed by atoms with Crippen LogP contribution >= 0.6 is 11.6 Å². The Labute approximate surface area is 149 Å². The summed E-state index contributed by atoms with van der Waals surface area (Å²) in [4.78, 5) is 22.7. The van der Waals surface area contributed by atoms with Crippen molar-refractivity contribution in [2.45, 2.75) is 12.3 Å². The van der Waals surface area contributed by atoms with Crippen molar-refractivity contribution in [3.05, 3.63) is 65.3 Å². The second-order valence-electron chi connectivity index (χ2n) is 6.05. The van der Waals surface area contributed by atoms with Crippen LogP contribution in [0.3, 0.4) is 0 Å². The van der Waals surface area contributed by atoms with Crippen molar-refractivity contribution in [3.8, 4) is 11.3 Å². The molecule has 4 rings (SSSR count). The van der Waals surface area contributed by atoms with E-state index in [0.717, 1.165) is 29.8 Å². The van der Waals surface area contributed by atoms with Crippen molar-refractivity contribution in [2.24, 2.45) is 0 Å². The van der Waals surface area contributed by atoms with Crippen molar-refractivity contribution in [3.63, 3.8) is 0 Å². The molecule has 7 heteroatoms. The third-order valence-corrected chi connectivity index (χ3v) is 4.71. The minimum Gasteiger partial charge on any atom is -0.337 e. The van der Waals surface area contributed by atoms with E-state index in [-0.39, 0.29) is 11.8 Å². The zero-order chi connectivity index (χ0) is 17.2. The number of nitrogens with one attached hydrogen (secondary N) is 1. The van der Waals surface area contributed by atoms with E-state index in [1.54, 1.807) is 30.7 Å². The molecule has 1 saturated heterocycles. The molecule has 4 heterocycles. The number of likely N-dealkylation sites (tertiary alicyclic amines) is 1. The first-order valence-corrected chi connectivity index (χ1v) is 8.45. The summed E-state index contributed by atoms with van der Waals surface area (Å²) in [6.07, 6.45) is 6.12. The molecule has 1 fully saturated rings. The second-order valence-corrected chi connectivity index (χ2v) is 6.44. The summed E-state index contributed by atoms with van der Waals surface area (Å²) in [5.41, 5.74) is 3.28. The lowest BCUT2D eigenvalue weighted by Gasteiger charge is -2.15. The lowest BCUT2D eigenvalue weighted by Crippen LogP contribution is -2.28. The van der Waals surface area contributed by atoms with Gasteiger partial charge in [-0.25, -0.2) is 4.98 Å². The number of pyridine rings is 2. The average molecular weight is 354 g/mol. The molecule has 25 heavy (non-hydrogen) atoms. The van der Waals surface area contributed by atoms with Crippen LogP contribution in [0, 0.1) is 0 Å². The number of carbonyl (C=O) groups excluding carboxylic acids is 1. The molecule has 0 aliphatic carbocycles. The van der Waals surface area contributed by atoms with Gasteiger partial charge in [0.25, 0.3) is 5.91 Å². The molecule has 1 aliphatic rings. The predicted octanol–water partition coefficient (Wildman–Crippen LogP) is 3.15. The van der Waals surface area contributed by atoms with Gasteiger partial charge >= 0.3 is 0 Å². The quantitative estimate of drug-likeness (QED) is 0.734. The van der Waals surface area contributed by atoms with Gasteiger partial charge in [-0.3, -0.25) is 14.9 Å². The second kappa shape index (κ2) is 6.64. The first kappa shape index (κ1) is 15.8. The summed E-state index contributed by atoms with van der Waals surface area (Å²) < 4.78 is 0. The van der Waals surface area contributed by atoms with E-state index >= 15 is 0 Å². The lowest BCUT2D eigenvalue weighted by atomic mass is 10.0. The predicted molar refractivity (Wildman–Crippen MR) is 94.3 cm³/mol. The van der Waals surface area contributed by atoms with Gasteiger partial charge in [-0.05, 0) is 36.2 Å². The SMILES string of the molecule is O=C(c1cc(-c2ccncc2)n[nH]1)N1CC[C@@H](c2ccc(Cl)nc2)C1. The number of rotatable bonds is 3. The van der Waals surface area contributed by atoms with Gasteiger partial charge in [0.05, 0.1) is 5.69 Å². The highest BCUT2D eigenvalue weighted by molar-refractivity contribution is 6.29. The summed E-state index contributed by atoms with van der Waals surface area (Å²) in [7, 11) is 0. The normalized spacial score (nSPS) is 17.0. The summed E-state index contributed by atoms with van der Waals surface area (Å²) in [5, 5.41) is 7.57. The van der Waals surface area contributed by atoms with Crippen molar-refractivity contribution in [2.75, 3.05) is 13.1 Å². The summed E-state index contributed by atoms with van der Waals surface area (Å²) >= 11 is 5.84. The van der Waals surface area contributed by atoms with Crippen LogP contribution in [0.4, 0.5) is 0 Å². The molecule has 6 nitrogen and oxygen atoms in total. The zero-order valence-electron chi connectivity index (χ0n) is 13.4. The fraction of sp³-hybridized carbons (Fsp3) is 0.222. The topological polar surface area (TPSA) is 74.8 Å². The van der Waals surface area contributed by atoms with Gasteiger partial charge in [-0.15, -0.1) is 0 Å². The third-order valence-electron chi connectivity index (χ3n) is 4.48. The molecular weight excluding hydrogens is 338 g/mol. The van der Waals surface area contributed by atoms with E-state index in [9.17, 15) is 4.79 Å². The maximum atomic E-state index is 12.7. The highest BCUT2D eigenvalue weighted by atomic mass is 35.5. The number of amides is 1. The molecular formula is C18H16ClN5O. The Morgan fingerprint density at radius 1 is 1.24 bits per heavy atom. The number of aromatic amines is 1. The van der Waals surface area contributed by atoms with Crippen LogP contribution in [0.15, 0.2) is 48.9 Å². The summed E-state index contributed by atoms with van der Waals surface area (Å²) in [6, 6.07) is 9.28. The average Bonchev–Trinajstić information content (AvgIpc) is 3.33. The molecule has 1 N–H and O–H groups in total. The van der Waals surface area contributed by atoms with Crippen molar-refractivity contribution in [1.82, 2.24) is 25.1 Å². The largest absolute Gasteiger partial charge is 0.337 e. The fourth-order valence-corrected chi connectivity index (χ4v) is 3.23. The van der Waals surface area contributed by atoms with Crippen LogP contribution in [-0.2, 0) is 0 Å². The van der Waals surface area contributed by atoms with Crippen LogP contribution in [0.25, 0.3) is 11.3 Å². The van der Waals surface area contributed by atoms with Gasteiger partial charge in [0.1, 0.15) is 10.8 Å². The van der Waals surface area contributed by atoms with Gasteiger partial charge in [0.15, 0.2) is 0 Å². The fourth-order valence-electron chi connectivity index (χ4n) is 3.12. The van der Waals surface area contributed by atoms with Crippen molar-refractivity contribution < 1.29 is 4.79 Å². The van der Waals surface area contributed by atoms with E-state index in [4.69, 9.17) is 11.6 Å². The van der Waals surface area contributed by atoms with E-state index in [1.165, 1.54) is 0 Å². The molecule has 1 amide bonds. The molecule has 0 saturated carbocycles. The number of hydrogen-bond donors (Lipinski definition) is 1. The van der Waals surface area contributed by atoms with Gasteiger partial charge in [-0.2, -0.15) is 5.10 Å². The van der Waals surface area contributed by atoms with Gasteiger partial charge in [0.2, 0.25) is 0 Å². The Morgan fingerprint density at radius 3 is 2.84 bits per heavy atom. The molecule has 1 atom stereocenters. The van der Waals surface area contributed by atoms with Crippen molar-refractivity contribution in [1.29, 1.82) is 0 Å². The number of halogens is 1. The molecule has 3 aromatic heterocycles. The minimum absolute atomic E-state index is 0.0303. The number of carbonyl (C=O) groups is 1. The lowest BCUT2D eigenvalue weighted by molar-refractivity contribution is 0.0785. The third kappa shape index (κ3) is 3.25. The molecule has 0 unspecified atom stereocenters. The Hall–Kier alpha value is -2.73. The molecule has 0 radical (unpaired) electrons. The molecule has 0 spiro atoms. The Balaban J connectivity index is 1.47. The Bertz CT molecular complexity index is 878. The number of H-pyrrole nitrogens is 1. The zero-order valence-corrected chi connectivity index (χ0v) is 14.1. The van der Waals surface area contributed by atoms with E-state index < -0.39 is 0 Å². The summed E-state index contributed by atoms with van der Waals surface area (Å²) in [5.74, 6) is 0.258. The highest BCUT2D eigenvalue weighted by Crippen LogP contribution is 2.28. The Morgan fingerprint density at radius 2 is 2.08 bits per heavy atom. The van der Waals surface area contributed by atoms with Gasteiger partial charge in [0, 0.05) is 43.2 Å². The van der Waals surface area contributed by atoms with Crippen LogP contribution in [-0.4, -0.2) is 44.1 Å². The van der Waals surface area contributed by atoms with E-state index in [2.05, 4.69) is 20.2 Å². The number of nitrogens with zero attached hydrogens (tertiary/aromatic N) is 4. The van der Waals surface area contributed by atoms with Crippen molar-refractivity contribution >= 4 is 17.5 Å². The molecule has 0 aromatic carbocycles. The molecule has 126 valence electrons. The minimum atomic E-state index is -0.0303. The van der Waals surface area contributed by atoms with Crippen LogP contribution in [0.1, 0.15) is 28.4 Å². The molecule has 3 aromatic rings. The summed E-state index contributed by atoms with van der Waals surface area (Å²) in [6.45, 7) is 1.39. The molecule has 1 aliphatic heterocycles. The van der Waals surface area contributed by atoms with Crippen LogP contribution < -0.4 is 0 Å². The number of aromatic nitrogens is 4. The van der Waals surface area contributed by atoms with Gasteiger partial charge in [-0.1, -0.05) is 17.7 Å². The first-order chi connectivity index (χ1) is 12.2. The monoisotopic (exact) mass is 353 g/mol. The van der Waals surface area contributed by atoms with E-state index in [0.29, 0.717) is 17.4 Å². The first-order valence-electron chi connectivity index (χ1n) is 8.07.